The van der Waals surface area contributed by atoms with Crippen LogP contribution in [0.2, 0.25) is 0 Å². The van der Waals surface area contributed by atoms with E-state index in [0.29, 0.717) is 6.54 Å². The molecule has 116 valence electrons. The molecule has 1 aliphatic rings. The fourth-order valence-electron chi connectivity index (χ4n) is 2.67. The molecule has 0 atom stereocenters. The van der Waals surface area contributed by atoms with Crippen LogP contribution >= 0.6 is 22.6 Å². The first-order chi connectivity index (χ1) is 9.58. The number of rotatable bonds is 0. The van der Waals surface area contributed by atoms with E-state index in [1.807, 2.05) is 25.7 Å². The normalized spacial score (nSPS) is 17.9. The Kier molecular flexibility index (Phi) is 4.57. The van der Waals surface area contributed by atoms with Crippen LogP contribution in [0.25, 0.3) is 0 Å². The predicted octanol–water partition coefficient (Wildman–Crippen LogP) is 4.71. The van der Waals surface area contributed by atoms with Gasteiger partial charge < -0.3 is 9.64 Å². The number of hydrogen-bond donors (Lipinski definition) is 0. The standard InChI is InChI=1S/C17H24INO2/c1-16(2,3)21-15(20)19-9-8-17(4,5)14-7-6-13(18)10-12(14)11-19/h6-7,10H,8-9,11H2,1-5H3. The summed E-state index contributed by atoms with van der Waals surface area (Å²) in [6.07, 6.45) is 0.727. The minimum Gasteiger partial charge on any atom is -0.444 e. The van der Waals surface area contributed by atoms with Gasteiger partial charge in [0.25, 0.3) is 0 Å². The van der Waals surface area contributed by atoms with Gasteiger partial charge in [-0.15, -0.1) is 0 Å². The Morgan fingerprint density at radius 3 is 2.62 bits per heavy atom. The van der Waals surface area contributed by atoms with Gasteiger partial charge in [-0.3, -0.25) is 0 Å². The van der Waals surface area contributed by atoms with Gasteiger partial charge >= 0.3 is 6.09 Å². The van der Waals surface area contributed by atoms with Crippen LogP contribution in [0.15, 0.2) is 18.2 Å². The van der Waals surface area contributed by atoms with Gasteiger partial charge in [0.2, 0.25) is 0 Å². The molecule has 1 heterocycles. The Morgan fingerprint density at radius 2 is 2.00 bits per heavy atom. The molecule has 0 unspecified atom stereocenters. The molecule has 21 heavy (non-hydrogen) atoms. The molecule has 0 N–H and O–H groups in total. The van der Waals surface area contributed by atoms with Crippen molar-refractivity contribution >= 4 is 28.7 Å². The van der Waals surface area contributed by atoms with Crippen molar-refractivity contribution in [1.82, 2.24) is 4.90 Å². The topological polar surface area (TPSA) is 29.5 Å². The van der Waals surface area contributed by atoms with Crippen molar-refractivity contribution in [3.8, 4) is 0 Å². The van der Waals surface area contributed by atoms with Gasteiger partial charge in [-0.1, -0.05) is 19.9 Å². The molecule has 0 spiro atoms. The zero-order chi connectivity index (χ0) is 15.8. The van der Waals surface area contributed by atoms with Crippen LogP contribution in [0.5, 0.6) is 0 Å². The smallest absolute Gasteiger partial charge is 0.410 e. The van der Waals surface area contributed by atoms with Crippen LogP contribution in [0.4, 0.5) is 4.79 Å². The second-order valence-corrected chi connectivity index (χ2v) is 8.58. The van der Waals surface area contributed by atoms with Gasteiger partial charge in [0.15, 0.2) is 0 Å². The monoisotopic (exact) mass is 401 g/mol. The second kappa shape index (κ2) is 5.78. The lowest BCUT2D eigenvalue weighted by atomic mass is 9.80. The molecular weight excluding hydrogens is 377 g/mol. The quantitative estimate of drug-likeness (QED) is 0.590. The zero-order valence-corrected chi connectivity index (χ0v) is 15.7. The minimum absolute atomic E-state index is 0.0798. The molecule has 0 fully saturated rings. The van der Waals surface area contributed by atoms with Crippen molar-refractivity contribution in [3.05, 3.63) is 32.9 Å². The van der Waals surface area contributed by atoms with Crippen LogP contribution in [0.3, 0.4) is 0 Å². The number of amides is 1. The van der Waals surface area contributed by atoms with Crippen LogP contribution < -0.4 is 0 Å². The molecule has 1 aliphatic heterocycles. The van der Waals surface area contributed by atoms with Crippen LogP contribution in [-0.4, -0.2) is 23.1 Å². The van der Waals surface area contributed by atoms with E-state index in [2.05, 4.69) is 54.6 Å². The molecule has 1 aromatic carbocycles. The summed E-state index contributed by atoms with van der Waals surface area (Å²) in [6.45, 7) is 11.6. The maximum absolute atomic E-state index is 12.4. The fourth-order valence-corrected chi connectivity index (χ4v) is 3.23. The Bertz CT molecular complexity index is 546. The highest BCUT2D eigenvalue weighted by atomic mass is 127. The van der Waals surface area contributed by atoms with Gasteiger partial charge in [0.05, 0.1) is 0 Å². The first-order valence-electron chi connectivity index (χ1n) is 7.35. The van der Waals surface area contributed by atoms with Gasteiger partial charge in [-0.25, -0.2) is 4.79 Å². The molecule has 1 aromatic rings. The average molecular weight is 401 g/mol. The van der Waals surface area contributed by atoms with Crippen molar-refractivity contribution < 1.29 is 9.53 Å². The van der Waals surface area contributed by atoms with Crippen molar-refractivity contribution in [2.24, 2.45) is 0 Å². The van der Waals surface area contributed by atoms with Gasteiger partial charge in [0, 0.05) is 16.7 Å². The Labute approximate surface area is 141 Å². The number of hydrogen-bond acceptors (Lipinski definition) is 2. The molecule has 2 rings (SSSR count). The number of carbonyl (C=O) groups is 1. The van der Waals surface area contributed by atoms with Crippen molar-refractivity contribution in [1.29, 1.82) is 0 Å². The molecule has 0 aromatic heterocycles. The van der Waals surface area contributed by atoms with E-state index in [-0.39, 0.29) is 11.5 Å². The lowest BCUT2D eigenvalue weighted by Crippen LogP contribution is -2.37. The first kappa shape index (κ1) is 16.6. The summed E-state index contributed by atoms with van der Waals surface area (Å²) in [5, 5.41) is 0. The molecule has 4 heteroatoms. The predicted molar refractivity (Wildman–Crippen MR) is 93.4 cm³/mol. The fraction of sp³-hybridized carbons (Fsp3) is 0.588. The van der Waals surface area contributed by atoms with E-state index in [0.717, 1.165) is 13.0 Å². The lowest BCUT2D eigenvalue weighted by molar-refractivity contribution is 0.0231. The summed E-state index contributed by atoms with van der Waals surface area (Å²) < 4.78 is 6.73. The van der Waals surface area contributed by atoms with Crippen LogP contribution in [0.1, 0.15) is 52.2 Å². The van der Waals surface area contributed by atoms with Crippen molar-refractivity contribution in [2.75, 3.05) is 6.54 Å². The first-order valence-corrected chi connectivity index (χ1v) is 8.43. The second-order valence-electron chi connectivity index (χ2n) is 7.34. The Balaban J connectivity index is 2.29. The highest BCUT2D eigenvalue weighted by Crippen LogP contribution is 2.34. The highest BCUT2D eigenvalue weighted by molar-refractivity contribution is 14.1. The van der Waals surface area contributed by atoms with E-state index in [9.17, 15) is 4.79 Å². The summed E-state index contributed by atoms with van der Waals surface area (Å²) in [5.74, 6) is 0. The van der Waals surface area contributed by atoms with E-state index < -0.39 is 5.60 Å². The maximum Gasteiger partial charge on any atom is 0.410 e. The summed E-state index contributed by atoms with van der Waals surface area (Å²) in [4.78, 5) is 14.2. The zero-order valence-electron chi connectivity index (χ0n) is 13.5. The molecule has 0 saturated carbocycles. The van der Waals surface area contributed by atoms with E-state index in [4.69, 9.17) is 4.74 Å². The number of fused-ring (bicyclic) bond motifs is 1. The highest BCUT2D eigenvalue weighted by Gasteiger charge is 2.31. The molecular formula is C17H24INO2. The summed E-state index contributed by atoms with van der Waals surface area (Å²) in [5.41, 5.74) is 2.20. The summed E-state index contributed by atoms with van der Waals surface area (Å²) >= 11 is 2.32. The van der Waals surface area contributed by atoms with E-state index in [1.54, 1.807) is 0 Å². The van der Waals surface area contributed by atoms with Crippen molar-refractivity contribution in [2.45, 2.75) is 58.6 Å². The number of nitrogens with zero attached hydrogens (tertiary/aromatic N) is 1. The maximum atomic E-state index is 12.4. The number of halogens is 1. The average Bonchev–Trinajstić information content (AvgIpc) is 2.43. The molecule has 0 aliphatic carbocycles. The van der Waals surface area contributed by atoms with Crippen LogP contribution in [-0.2, 0) is 16.7 Å². The van der Waals surface area contributed by atoms with Crippen molar-refractivity contribution in [3.63, 3.8) is 0 Å². The largest absolute Gasteiger partial charge is 0.444 e. The minimum atomic E-state index is -0.452. The number of ether oxygens (including phenoxy) is 1. The molecule has 0 bridgehead atoms. The third-order valence-electron chi connectivity index (χ3n) is 3.82. The van der Waals surface area contributed by atoms with Gasteiger partial charge in [-0.05, 0) is 78.5 Å². The van der Waals surface area contributed by atoms with Crippen LogP contribution in [0, 0.1) is 3.57 Å². The van der Waals surface area contributed by atoms with E-state index >= 15 is 0 Å². The Morgan fingerprint density at radius 1 is 1.33 bits per heavy atom. The lowest BCUT2D eigenvalue weighted by Gasteiger charge is -2.27. The molecule has 3 nitrogen and oxygen atoms in total. The SMILES string of the molecule is CC(C)(C)OC(=O)N1CCC(C)(C)c2ccc(I)cc2C1. The molecule has 1 amide bonds. The number of carbonyl (C=O) groups excluding carboxylic acids is 1. The third kappa shape index (κ3) is 4.11. The van der Waals surface area contributed by atoms with Gasteiger partial charge in [-0.2, -0.15) is 0 Å². The summed E-state index contributed by atoms with van der Waals surface area (Å²) in [7, 11) is 0. The molecule has 0 radical (unpaired) electrons. The van der Waals surface area contributed by atoms with E-state index in [1.165, 1.54) is 14.7 Å². The third-order valence-corrected chi connectivity index (χ3v) is 4.49. The number of benzene rings is 1. The summed E-state index contributed by atoms with van der Waals surface area (Å²) in [6, 6.07) is 6.53. The molecule has 0 saturated heterocycles. The Hall–Kier alpha value is -0.780. The van der Waals surface area contributed by atoms with Gasteiger partial charge in [0.1, 0.15) is 5.60 Å².